The summed E-state index contributed by atoms with van der Waals surface area (Å²) in [6, 6.07) is 10.2. The van der Waals surface area contributed by atoms with Gasteiger partial charge < -0.3 is 4.42 Å². The molecule has 27 heavy (non-hydrogen) atoms. The summed E-state index contributed by atoms with van der Waals surface area (Å²) < 4.78 is 5.03. The summed E-state index contributed by atoms with van der Waals surface area (Å²) in [5, 5.41) is 25.6. The van der Waals surface area contributed by atoms with Crippen molar-refractivity contribution in [2.75, 3.05) is 0 Å². The highest BCUT2D eigenvalue weighted by Crippen LogP contribution is 2.31. The zero-order chi connectivity index (χ0) is 19.1. The van der Waals surface area contributed by atoms with Gasteiger partial charge in [0.15, 0.2) is 5.84 Å². The lowest BCUT2D eigenvalue weighted by molar-refractivity contribution is -0.402. The minimum Gasteiger partial charge on any atom is -0.401 e. The van der Waals surface area contributed by atoms with E-state index in [1.807, 2.05) is 31.2 Å². The second kappa shape index (κ2) is 6.32. The number of fused-ring (bicyclic) bond motifs is 1. The normalized spacial score (nSPS) is 17.8. The summed E-state index contributed by atoms with van der Waals surface area (Å²) in [4.78, 5) is 26.3. The second-order valence-corrected chi connectivity index (χ2v) is 6.68. The maximum Gasteiger partial charge on any atom is 0.433 e. The molecule has 1 amide bonds. The maximum atomic E-state index is 12.3. The summed E-state index contributed by atoms with van der Waals surface area (Å²) >= 11 is 1.20. The molecule has 0 saturated heterocycles. The van der Waals surface area contributed by atoms with E-state index in [0.29, 0.717) is 10.2 Å². The van der Waals surface area contributed by atoms with Crippen LogP contribution >= 0.6 is 11.8 Å². The highest BCUT2D eigenvalue weighted by Gasteiger charge is 2.36. The summed E-state index contributed by atoms with van der Waals surface area (Å²) in [6.07, 6.45) is 1.25. The minimum atomic E-state index is -0.679. The number of nitrogens with one attached hydrogen (secondary N) is 1. The molecule has 0 spiro atoms. The van der Waals surface area contributed by atoms with Gasteiger partial charge >= 0.3 is 5.88 Å². The topological polar surface area (TPSA) is 125 Å². The van der Waals surface area contributed by atoms with Gasteiger partial charge in [0, 0.05) is 5.56 Å². The van der Waals surface area contributed by atoms with E-state index in [1.165, 1.54) is 35.0 Å². The van der Waals surface area contributed by atoms with E-state index in [2.05, 4.69) is 10.1 Å². The van der Waals surface area contributed by atoms with Crippen LogP contribution in [0.2, 0.25) is 0 Å². The number of rotatable bonds is 3. The van der Waals surface area contributed by atoms with Crippen LogP contribution in [0.1, 0.15) is 16.9 Å². The van der Waals surface area contributed by atoms with E-state index in [1.54, 1.807) is 0 Å². The molecule has 1 N–H and O–H groups in total. The van der Waals surface area contributed by atoms with Crippen molar-refractivity contribution in [2.24, 2.45) is 10.1 Å². The number of amides is 1. The summed E-state index contributed by atoms with van der Waals surface area (Å²) in [5.74, 6) is -1.15. The Bertz CT molecular complexity index is 1100. The smallest absolute Gasteiger partial charge is 0.401 e. The molecule has 0 aliphatic carbocycles. The van der Waals surface area contributed by atoms with Crippen molar-refractivity contribution < 1.29 is 14.1 Å². The fourth-order valence-corrected chi connectivity index (χ4v) is 3.43. The number of carbonyl (C=O) groups is 1. The lowest BCUT2D eigenvalue weighted by Gasteiger charge is -2.19. The summed E-state index contributed by atoms with van der Waals surface area (Å²) in [7, 11) is 0. The number of thioether (sulfide) groups is 1. The molecule has 9 nitrogen and oxygen atoms in total. The number of furan rings is 1. The molecule has 1 aromatic carbocycles. The summed E-state index contributed by atoms with van der Waals surface area (Å²) in [5.41, 5.74) is 1.87. The molecule has 2 aromatic rings. The largest absolute Gasteiger partial charge is 0.433 e. The molecule has 10 heteroatoms. The molecular weight excluding hydrogens is 370 g/mol. The van der Waals surface area contributed by atoms with Crippen molar-refractivity contribution in [3.63, 3.8) is 0 Å². The first-order chi connectivity index (χ1) is 12.9. The SMILES string of the molecule is Cc1cccc(C2=NN3C(=N)C(=Cc4ccc([N+](=O)[O-])o4)C(=O)N=C3S2)c1. The van der Waals surface area contributed by atoms with E-state index in [4.69, 9.17) is 9.83 Å². The first kappa shape index (κ1) is 16.9. The van der Waals surface area contributed by atoms with Gasteiger partial charge in [0.2, 0.25) is 5.17 Å². The van der Waals surface area contributed by atoms with E-state index in [9.17, 15) is 14.9 Å². The molecular formula is C17H11N5O4S. The van der Waals surface area contributed by atoms with Crippen LogP contribution < -0.4 is 0 Å². The lowest BCUT2D eigenvalue weighted by atomic mass is 10.1. The van der Waals surface area contributed by atoms with Crippen LogP contribution in [0.25, 0.3) is 6.08 Å². The zero-order valence-corrected chi connectivity index (χ0v) is 14.7. The van der Waals surface area contributed by atoms with Gasteiger partial charge in [-0.05, 0) is 36.9 Å². The van der Waals surface area contributed by atoms with Gasteiger partial charge in [-0.3, -0.25) is 20.3 Å². The highest BCUT2D eigenvalue weighted by molar-refractivity contribution is 8.27. The fourth-order valence-electron chi connectivity index (χ4n) is 2.55. The Balaban J connectivity index is 1.68. The van der Waals surface area contributed by atoms with Crippen molar-refractivity contribution >= 4 is 45.7 Å². The Morgan fingerprint density at radius 1 is 1.33 bits per heavy atom. The average molecular weight is 381 g/mol. The number of nitrogens with zero attached hydrogens (tertiary/aromatic N) is 4. The predicted molar refractivity (Wildman–Crippen MR) is 101 cm³/mol. The number of aryl methyl sites for hydroxylation is 1. The van der Waals surface area contributed by atoms with E-state index in [-0.39, 0.29) is 17.2 Å². The van der Waals surface area contributed by atoms with Gasteiger partial charge in [0.1, 0.15) is 15.7 Å². The van der Waals surface area contributed by atoms with Crippen LogP contribution in [-0.2, 0) is 4.79 Å². The third-order valence-electron chi connectivity index (χ3n) is 3.80. The molecule has 0 unspecified atom stereocenters. The summed E-state index contributed by atoms with van der Waals surface area (Å²) in [6.45, 7) is 1.96. The maximum absolute atomic E-state index is 12.3. The zero-order valence-electron chi connectivity index (χ0n) is 13.9. The van der Waals surface area contributed by atoms with Gasteiger partial charge in [-0.15, -0.1) is 0 Å². The molecule has 0 fully saturated rings. The Labute approximate surface area is 156 Å². The molecule has 4 rings (SSSR count). The number of amidine groups is 2. The number of hydrazone groups is 1. The molecule has 2 aliphatic rings. The van der Waals surface area contributed by atoms with Gasteiger partial charge in [0.25, 0.3) is 5.91 Å². The van der Waals surface area contributed by atoms with Gasteiger partial charge in [-0.1, -0.05) is 23.8 Å². The molecule has 1 aromatic heterocycles. The van der Waals surface area contributed by atoms with E-state index in [0.717, 1.165) is 11.1 Å². The van der Waals surface area contributed by atoms with Crippen molar-refractivity contribution in [1.82, 2.24) is 5.01 Å². The van der Waals surface area contributed by atoms with Crippen molar-refractivity contribution in [3.05, 3.63) is 69.0 Å². The Hall–Kier alpha value is -3.53. The monoisotopic (exact) mass is 381 g/mol. The second-order valence-electron chi connectivity index (χ2n) is 5.73. The molecule has 2 aliphatic heterocycles. The average Bonchev–Trinajstić information content (AvgIpc) is 3.26. The van der Waals surface area contributed by atoms with Crippen molar-refractivity contribution in [2.45, 2.75) is 6.92 Å². The molecule has 0 radical (unpaired) electrons. The van der Waals surface area contributed by atoms with Crippen LogP contribution in [0.3, 0.4) is 0 Å². The molecule has 0 bridgehead atoms. The predicted octanol–water partition coefficient (Wildman–Crippen LogP) is 3.16. The number of aliphatic imine (C=N–C) groups is 1. The molecule has 0 saturated carbocycles. The first-order valence-electron chi connectivity index (χ1n) is 7.74. The van der Waals surface area contributed by atoms with Crippen LogP contribution in [0, 0.1) is 22.4 Å². The first-order valence-corrected chi connectivity index (χ1v) is 8.55. The van der Waals surface area contributed by atoms with Gasteiger partial charge in [0.05, 0.1) is 11.6 Å². The standard InChI is InChI=1S/C17H11N5O4S/c1-9-3-2-4-10(7-9)16-20-21-14(18)12(15(23)19-17(21)27-16)8-11-5-6-13(26-11)22(24)25/h2-8,18H,1H3. The van der Waals surface area contributed by atoms with Crippen LogP contribution in [0.15, 0.2) is 56.5 Å². The van der Waals surface area contributed by atoms with Crippen molar-refractivity contribution in [3.8, 4) is 0 Å². The quantitative estimate of drug-likeness (QED) is 0.494. The van der Waals surface area contributed by atoms with Gasteiger partial charge in [-0.2, -0.15) is 15.1 Å². The van der Waals surface area contributed by atoms with Crippen LogP contribution in [0.4, 0.5) is 5.88 Å². The molecule has 3 heterocycles. The van der Waals surface area contributed by atoms with Crippen molar-refractivity contribution in [1.29, 1.82) is 5.41 Å². The Morgan fingerprint density at radius 2 is 2.15 bits per heavy atom. The molecule has 0 atom stereocenters. The van der Waals surface area contributed by atoms with E-state index < -0.39 is 16.7 Å². The van der Waals surface area contributed by atoms with Crippen LogP contribution in [0.5, 0.6) is 0 Å². The number of hydrogen-bond acceptors (Lipinski definition) is 7. The number of benzene rings is 1. The number of hydrogen-bond donors (Lipinski definition) is 1. The minimum absolute atomic E-state index is 0.0576. The van der Waals surface area contributed by atoms with Crippen LogP contribution in [-0.4, -0.2) is 31.9 Å². The Kier molecular flexibility index (Phi) is 3.96. The highest BCUT2D eigenvalue weighted by atomic mass is 32.2. The number of carbonyl (C=O) groups excluding carboxylic acids is 1. The van der Waals surface area contributed by atoms with Gasteiger partial charge in [-0.25, -0.2) is 0 Å². The lowest BCUT2D eigenvalue weighted by Crippen LogP contribution is -2.35. The fraction of sp³-hybridized carbons (Fsp3) is 0.0588. The molecule has 134 valence electrons. The number of nitro groups is 1. The Morgan fingerprint density at radius 3 is 2.85 bits per heavy atom. The third-order valence-corrected chi connectivity index (χ3v) is 4.76. The van der Waals surface area contributed by atoms with E-state index >= 15 is 0 Å². The third kappa shape index (κ3) is 3.06.